The predicted octanol–water partition coefficient (Wildman–Crippen LogP) is 4.77. The number of rotatable bonds is 5. The summed E-state index contributed by atoms with van der Waals surface area (Å²) in [6.07, 6.45) is 1.88. The zero-order valence-corrected chi connectivity index (χ0v) is 12.9. The minimum atomic E-state index is -0.0639. The van der Waals surface area contributed by atoms with Gasteiger partial charge >= 0.3 is 6.03 Å². The number of nitrogens with one attached hydrogen (secondary N) is 1. The lowest BCUT2D eigenvalue weighted by Gasteiger charge is -2.34. The van der Waals surface area contributed by atoms with E-state index in [9.17, 15) is 4.79 Å². The molecule has 1 rings (SSSR count). The van der Waals surface area contributed by atoms with Crippen LogP contribution in [0.4, 0.5) is 10.5 Å². The molecule has 0 unspecified atom stereocenters. The summed E-state index contributed by atoms with van der Waals surface area (Å²) in [5.41, 5.74) is 0.731. The number of halogens is 1. The minimum absolute atomic E-state index is 0.0639. The van der Waals surface area contributed by atoms with E-state index in [1.165, 1.54) is 0 Å². The van der Waals surface area contributed by atoms with Crippen LogP contribution < -0.4 is 5.32 Å². The Balaban J connectivity index is 2.82. The molecule has 0 saturated carbocycles. The molecule has 0 spiro atoms. The van der Waals surface area contributed by atoms with Crippen molar-refractivity contribution in [2.45, 2.75) is 52.6 Å². The van der Waals surface area contributed by atoms with Crippen molar-refractivity contribution in [3.8, 4) is 0 Å². The first-order chi connectivity index (χ1) is 8.99. The zero-order valence-electron chi connectivity index (χ0n) is 12.1. The normalized spacial score (nSPS) is 13.7. The van der Waals surface area contributed by atoms with Crippen LogP contribution >= 0.6 is 11.6 Å². The maximum absolute atomic E-state index is 12.4. The molecule has 0 fully saturated rings. The first-order valence-corrected chi connectivity index (χ1v) is 7.22. The summed E-state index contributed by atoms with van der Waals surface area (Å²) in [5.74, 6) is 0. The fourth-order valence-electron chi connectivity index (χ4n) is 1.98. The molecule has 0 aliphatic heterocycles. The van der Waals surface area contributed by atoms with Gasteiger partial charge in [0.2, 0.25) is 0 Å². The molecule has 19 heavy (non-hydrogen) atoms. The molecule has 0 radical (unpaired) electrons. The van der Waals surface area contributed by atoms with Crippen LogP contribution in [0, 0.1) is 0 Å². The highest BCUT2D eigenvalue weighted by molar-refractivity contribution is 6.30. The van der Waals surface area contributed by atoms with E-state index < -0.39 is 0 Å². The Morgan fingerprint density at radius 3 is 2.32 bits per heavy atom. The molecule has 1 N–H and O–H groups in total. The topological polar surface area (TPSA) is 32.3 Å². The summed E-state index contributed by atoms with van der Waals surface area (Å²) < 4.78 is 0. The zero-order chi connectivity index (χ0) is 14.4. The predicted molar refractivity (Wildman–Crippen MR) is 81.8 cm³/mol. The number of urea groups is 1. The first kappa shape index (κ1) is 15.8. The summed E-state index contributed by atoms with van der Waals surface area (Å²) in [6, 6.07) is 7.59. The fraction of sp³-hybridized carbons (Fsp3) is 0.533. The fourth-order valence-corrected chi connectivity index (χ4v) is 2.17. The number of nitrogens with zero attached hydrogens (tertiary/aromatic N) is 1. The highest BCUT2D eigenvalue weighted by Gasteiger charge is 2.23. The highest BCUT2D eigenvalue weighted by atomic mass is 35.5. The quantitative estimate of drug-likeness (QED) is 0.829. The van der Waals surface area contributed by atoms with Crippen LogP contribution in [-0.4, -0.2) is 23.0 Å². The Hall–Kier alpha value is -1.22. The Morgan fingerprint density at radius 2 is 1.84 bits per heavy atom. The first-order valence-electron chi connectivity index (χ1n) is 6.84. The molecule has 0 aromatic heterocycles. The molecule has 4 heteroatoms. The van der Waals surface area contributed by atoms with Crippen molar-refractivity contribution in [1.82, 2.24) is 4.90 Å². The summed E-state index contributed by atoms with van der Waals surface area (Å²) in [6.45, 7) is 8.33. The maximum Gasteiger partial charge on any atom is 0.322 e. The second kappa shape index (κ2) is 7.39. The van der Waals surface area contributed by atoms with Crippen molar-refractivity contribution in [2.75, 3.05) is 5.32 Å². The van der Waals surface area contributed by atoms with E-state index in [4.69, 9.17) is 11.6 Å². The molecule has 1 aromatic rings. The van der Waals surface area contributed by atoms with E-state index in [-0.39, 0.29) is 18.1 Å². The Kier molecular flexibility index (Phi) is 6.16. The van der Waals surface area contributed by atoms with Crippen molar-refractivity contribution in [1.29, 1.82) is 0 Å². The third-order valence-corrected chi connectivity index (χ3v) is 3.68. The van der Waals surface area contributed by atoms with Crippen LogP contribution in [0.25, 0.3) is 0 Å². The van der Waals surface area contributed by atoms with Crippen molar-refractivity contribution in [3.05, 3.63) is 29.3 Å². The monoisotopic (exact) mass is 282 g/mol. The SMILES string of the molecule is CC[C@H](C)N(C(=O)Nc1cccc(Cl)c1)[C@@H](C)CC. The smallest absolute Gasteiger partial charge is 0.319 e. The third kappa shape index (κ3) is 4.43. The molecule has 0 aliphatic rings. The van der Waals surface area contributed by atoms with Gasteiger partial charge in [-0.1, -0.05) is 31.5 Å². The minimum Gasteiger partial charge on any atom is -0.319 e. The number of hydrogen-bond acceptors (Lipinski definition) is 1. The molecule has 1 aromatic carbocycles. The van der Waals surface area contributed by atoms with Crippen molar-refractivity contribution in [3.63, 3.8) is 0 Å². The highest BCUT2D eigenvalue weighted by Crippen LogP contribution is 2.18. The molecular weight excluding hydrogens is 260 g/mol. The molecule has 0 aliphatic carbocycles. The van der Waals surface area contributed by atoms with E-state index in [1.54, 1.807) is 12.1 Å². The molecule has 0 heterocycles. The van der Waals surface area contributed by atoms with Crippen LogP contribution in [0.15, 0.2) is 24.3 Å². The summed E-state index contributed by atoms with van der Waals surface area (Å²) in [5, 5.41) is 3.54. The van der Waals surface area contributed by atoms with Gasteiger partial charge in [-0.2, -0.15) is 0 Å². The standard InChI is InChI=1S/C15H23ClN2O/c1-5-11(3)18(12(4)6-2)15(19)17-14-9-7-8-13(16)10-14/h7-12H,5-6H2,1-4H3,(H,17,19)/t11-,12-/m0/s1. The molecule has 2 amide bonds. The number of benzene rings is 1. The van der Waals surface area contributed by atoms with Gasteiger partial charge < -0.3 is 10.2 Å². The van der Waals surface area contributed by atoms with Gasteiger partial charge in [-0.05, 0) is 44.9 Å². The lowest BCUT2D eigenvalue weighted by Crippen LogP contribution is -2.46. The second-order valence-electron chi connectivity index (χ2n) is 4.86. The lowest BCUT2D eigenvalue weighted by atomic mass is 10.1. The van der Waals surface area contributed by atoms with Crippen molar-refractivity contribution in [2.24, 2.45) is 0 Å². The van der Waals surface area contributed by atoms with E-state index in [0.29, 0.717) is 5.02 Å². The molecule has 0 saturated heterocycles. The van der Waals surface area contributed by atoms with E-state index >= 15 is 0 Å². The second-order valence-corrected chi connectivity index (χ2v) is 5.30. The van der Waals surface area contributed by atoms with Crippen molar-refractivity contribution < 1.29 is 4.79 Å². The van der Waals surface area contributed by atoms with Crippen LogP contribution in [0.2, 0.25) is 5.02 Å². The number of carbonyl (C=O) groups excluding carboxylic acids is 1. The van der Waals surface area contributed by atoms with Crippen LogP contribution in [0.5, 0.6) is 0 Å². The van der Waals surface area contributed by atoms with Crippen LogP contribution in [0.1, 0.15) is 40.5 Å². The third-order valence-electron chi connectivity index (χ3n) is 3.44. The largest absolute Gasteiger partial charge is 0.322 e. The number of anilines is 1. The molecule has 3 nitrogen and oxygen atoms in total. The van der Waals surface area contributed by atoms with Gasteiger partial charge in [0.1, 0.15) is 0 Å². The van der Waals surface area contributed by atoms with Gasteiger partial charge in [-0.25, -0.2) is 4.79 Å². The number of hydrogen-bond donors (Lipinski definition) is 1. The van der Waals surface area contributed by atoms with Crippen LogP contribution in [0.3, 0.4) is 0 Å². The Bertz CT molecular complexity index is 412. The Labute approximate surface area is 120 Å². The van der Waals surface area contributed by atoms with E-state index in [1.807, 2.05) is 17.0 Å². The lowest BCUT2D eigenvalue weighted by molar-refractivity contribution is 0.163. The average Bonchev–Trinajstić information content (AvgIpc) is 2.38. The summed E-state index contributed by atoms with van der Waals surface area (Å²) >= 11 is 5.92. The van der Waals surface area contributed by atoms with Crippen LogP contribution in [-0.2, 0) is 0 Å². The summed E-state index contributed by atoms with van der Waals surface area (Å²) in [7, 11) is 0. The molecular formula is C15H23ClN2O. The maximum atomic E-state index is 12.4. The van der Waals surface area contributed by atoms with Gasteiger partial charge in [0.15, 0.2) is 0 Å². The molecule has 106 valence electrons. The Morgan fingerprint density at radius 1 is 1.26 bits per heavy atom. The van der Waals surface area contributed by atoms with Gasteiger partial charge in [-0.3, -0.25) is 0 Å². The molecule has 2 atom stereocenters. The number of amides is 2. The van der Waals surface area contributed by atoms with Crippen molar-refractivity contribution >= 4 is 23.3 Å². The van der Waals surface area contributed by atoms with E-state index in [0.717, 1.165) is 18.5 Å². The van der Waals surface area contributed by atoms with Gasteiger partial charge in [-0.15, -0.1) is 0 Å². The average molecular weight is 283 g/mol. The number of carbonyl (C=O) groups is 1. The van der Waals surface area contributed by atoms with Gasteiger partial charge in [0.05, 0.1) is 0 Å². The van der Waals surface area contributed by atoms with Gasteiger partial charge in [0.25, 0.3) is 0 Å². The summed E-state index contributed by atoms with van der Waals surface area (Å²) in [4.78, 5) is 14.3. The molecule has 0 bridgehead atoms. The van der Waals surface area contributed by atoms with E-state index in [2.05, 4.69) is 33.0 Å². The van der Waals surface area contributed by atoms with Gasteiger partial charge in [0, 0.05) is 22.8 Å².